The first-order valence-electron chi connectivity index (χ1n) is 2.96. The first-order chi connectivity index (χ1) is 5.27. The van der Waals surface area contributed by atoms with E-state index in [4.69, 9.17) is 21.7 Å². The van der Waals surface area contributed by atoms with Crippen molar-refractivity contribution >= 4 is 17.3 Å². The summed E-state index contributed by atoms with van der Waals surface area (Å²) < 4.78 is 4.88. The molecule has 0 aromatic heterocycles. The second-order valence-corrected chi connectivity index (χ2v) is 2.35. The molecule has 74 valence electrons. The number of methoxy groups -OCH3 is 1. The summed E-state index contributed by atoms with van der Waals surface area (Å²) in [5.74, 6) is 0.497. The monoisotopic (exact) mass is 303 g/mol. The average molecular weight is 306 g/mol. The number of diazo groups is 1. The van der Waals surface area contributed by atoms with Crippen molar-refractivity contribution in [1.82, 2.24) is 0 Å². The Labute approximate surface area is 112 Å². The first-order valence-corrected chi connectivity index (χ1v) is 3.34. The van der Waals surface area contributed by atoms with Crippen LogP contribution in [0.1, 0.15) is 0 Å². The van der Waals surface area contributed by atoms with Gasteiger partial charge >= 0.3 is 5.69 Å². The smallest absolute Gasteiger partial charge is 0.427 e. The summed E-state index contributed by atoms with van der Waals surface area (Å²) in [7, 11) is 1.50. The number of rotatable bonds is 1. The molecule has 0 aliphatic rings. The quantitative estimate of drug-likeness (QED) is 0.406. The van der Waals surface area contributed by atoms with Gasteiger partial charge in [0.05, 0.1) is 13.2 Å². The number of benzene rings is 1. The molecule has 1 aromatic carbocycles. The van der Waals surface area contributed by atoms with E-state index in [-0.39, 0.29) is 44.3 Å². The Morgan fingerprint density at radius 2 is 1.93 bits per heavy atom. The van der Waals surface area contributed by atoms with Crippen molar-refractivity contribution in [2.45, 2.75) is 0 Å². The Hall–Kier alpha value is -0.0666. The maximum Gasteiger partial charge on any atom is 0.427 e. The molecule has 0 aliphatic carbocycles. The molecule has 0 spiro atoms. The van der Waals surface area contributed by atoms with Gasteiger partial charge in [-0.2, -0.15) is 0 Å². The van der Waals surface area contributed by atoms with Gasteiger partial charge in [0.25, 0.3) is 0 Å². The van der Waals surface area contributed by atoms with Gasteiger partial charge in [0.2, 0.25) is 11.1 Å². The molecule has 7 heteroatoms. The molecule has 0 unspecified atom stereocenters. The van der Waals surface area contributed by atoms with Crippen LogP contribution in [0, 0.1) is 5.39 Å². The van der Waals surface area contributed by atoms with Crippen molar-refractivity contribution in [1.29, 1.82) is 5.39 Å². The Bertz CT molecular complexity index is 316. The van der Waals surface area contributed by atoms with Gasteiger partial charge in [-0.05, 0) is 12.1 Å². The van der Waals surface area contributed by atoms with Gasteiger partial charge in [0, 0.05) is 24.5 Å². The average Bonchev–Trinajstić information content (AvgIpc) is 2.04. The summed E-state index contributed by atoms with van der Waals surface area (Å²) in [5.41, 5.74) is 0.333. The van der Waals surface area contributed by atoms with Crippen LogP contribution in [-0.2, 0) is 19.5 Å². The summed E-state index contributed by atoms with van der Waals surface area (Å²) in [6.45, 7) is 0. The second kappa shape index (κ2) is 9.49. The van der Waals surface area contributed by atoms with Gasteiger partial charge in [-0.1, -0.05) is 11.6 Å². The molecule has 0 saturated heterocycles. The Morgan fingerprint density at radius 1 is 1.36 bits per heavy atom. The Kier molecular flexibility index (Phi) is 13.2. The third-order valence-corrected chi connectivity index (χ3v) is 1.48. The van der Waals surface area contributed by atoms with Crippen LogP contribution in [0.4, 0.5) is 5.69 Å². The molecule has 0 aliphatic heterocycles. The standard InChI is InChI=1S/C7H6ClN2O.2ClH.Zn/c1-11-7-3-2-5(8)4-6(7)10-9;;;/h2-4H,1H3;2*1H;/q+1;;;/p-2. The molecule has 3 nitrogen and oxygen atoms in total. The molecular weight excluding hydrogens is 300 g/mol. The Balaban J connectivity index is -0.000000403. The fourth-order valence-corrected chi connectivity index (χ4v) is 0.908. The minimum absolute atomic E-state index is 0. The summed E-state index contributed by atoms with van der Waals surface area (Å²) in [5, 5.41) is 8.97. The van der Waals surface area contributed by atoms with Crippen molar-refractivity contribution in [2.24, 2.45) is 0 Å². The van der Waals surface area contributed by atoms with Crippen LogP contribution in [-0.4, -0.2) is 7.11 Å². The minimum atomic E-state index is 0. The van der Waals surface area contributed by atoms with Crippen molar-refractivity contribution in [3.8, 4) is 5.75 Å². The van der Waals surface area contributed by atoms with Gasteiger partial charge < -0.3 is 29.6 Å². The van der Waals surface area contributed by atoms with Gasteiger partial charge in [0.15, 0.2) is 4.98 Å². The van der Waals surface area contributed by atoms with E-state index in [2.05, 4.69) is 4.98 Å². The van der Waals surface area contributed by atoms with Gasteiger partial charge in [-0.3, -0.25) is 0 Å². The van der Waals surface area contributed by atoms with Crippen LogP contribution in [0.25, 0.3) is 4.98 Å². The van der Waals surface area contributed by atoms with Crippen LogP contribution >= 0.6 is 11.6 Å². The number of nitrogens with zero attached hydrogens (tertiary/aromatic N) is 2. The summed E-state index contributed by atoms with van der Waals surface area (Å²) in [4.78, 5) is 2.99. The fraction of sp³-hybridized carbons (Fsp3) is 0.143. The molecule has 14 heavy (non-hydrogen) atoms. The summed E-state index contributed by atoms with van der Waals surface area (Å²) >= 11 is 5.63. The zero-order chi connectivity index (χ0) is 8.27. The topological polar surface area (TPSA) is 37.4 Å². The van der Waals surface area contributed by atoms with E-state index in [0.29, 0.717) is 16.5 Å². The first kappa shape index (κ1) is 19.5. The fourth-order valence-electron chi connectivity index (χ4n) is 0.741. The van der Waals surface area contributed by atoms with Crippen molar-refractivity contribution in [3.63, 3.8) is 0 Å². The SMILES string of the molecule is COc1ccc(Cl)cc1[N+]#N.[Cl-].[Cl-].[Zn]. The molecule has 1 aromatic rings. The van der Waals surface area contributed by atoms with E-state index in [0.717, 1.165) is 0 Å². The van der Waals surface area contributed by atoms with E-state index >= 15 is 0 Å². The van der Waals surface area contributed by atoms with E-state index in [1.165, 1.54) is 13.2 Å². The van der Waals surface area contributed by atoms with Crippen molar-refractivity contribution in [2.75, 3.05) is 7.11 Å². The molecule has 0 N–H and O–H groups in total. The zero-order valence-corrected chi connectivity index (χ0v) is 12.6. The van der Waals surface area contributed by atoms with Crippen LogP contribution < -0.4 is 29.6 Å². The molecule has 1 rings (SSSR count). The molecule has 0 heterocycles. The maximum atomic E-state index is 8.46. The summed E-state index contributed by atoms with van der Waals surface area (Å²) in [6, 6.07) is 4.81. The minimum Gasteiger partial charge on any atom is -1.00 e. The molecule has 0 bridgehead atoms. The number of ether oxygens (including phenoxy) is 1. The molecule has 0 saturated carbocycles. The molecule has 0 atom stereocenters. The van der Waals surface area contributed by atoms with Crippen LogP contribution in [0.5, 0.6) is 5.75 Å². The molecule has 0 radical (unpaired) electrons. The van der Waals surface area contributed by atoms with Crippen molar-refractivity contribution < 1.29 is 49.0 Å². The maximum absolute atomic E-state index is 8.46. The normalized spacial score (nSPS) is 6.93. The van der Waals surface area contributed by atoms with Crippen molar-refractivity contribution in [3.05, 3.63) is 28.2 Å². The Morgan fingerprint density at radius 3 is 2.36 bits per heavy atom. The second-order valence-electron chi connectivity index (χ2n) is 1.92. The zero-order valence-electron chi connectivity index (χ0n) is 7.38. The largest absolute Gasteiger partial charge is 1.00 e. The van der Waals surface area contributed by atoms with Crippen LogP contribution in [0.2, 0.25) is 5.02 Å². The van der Waals surface area contributed by atoms with E-state index in [1.54, 1.807) is 12.1 Å². The van der Waals surface area contributed by atoms with E-state index < -0.39 is 0 Å². The predicted octanol–water partition coefficient (Wildman–Crippen LogP) is -3.16. The summed E-state index contributed by atoms with van der Waals surface area (Å²) in [6.07, 6.45) is 0. The van der Waals surface area contributed by atoms with Gasteiger partial charge in [-0.15, -0.1) is 0 Å². The third-order valence-electron chi connectivity index (χ3n) is 1.25. The third kappa shape index (κ3) is 4.97. The van der Waals surface area contributed by atoms with E-state index in [9.17, 15) is 0 Å². The van der Waals surface area contributed by atoms with Gasteiger partial charge in [-0.25, -0.2) is 0 Å². The molecule has 0 amide bonds. The van der Waals surface area contributed by atoms with E-state index in [1.807, 2.05) is 0 Å². The number of halogens is 3. The predicted molar refractivity (Wildman–Crippen MR) is 42.7 cm³/mol. The van der Waals surface area contributed by atoms with Crippen LogP contribution in [0.3, 0.4) is 0 Å². The van der Waals surface area contributed by atoms with Gasteiger partial charge in [0.1, 0.15) is 0 Å². The molecule has 0 fully saturated rings. The van der Waals surface area contributed by atoms with Crippen LogP contribution in [0.15, 0.2) is 18.2 Å². The number of hydrogen-bond acceptors (Lipinski definition) is 2. The number of hydrogen-bond donors (Lipinski definition) is 0. The molecular formula is C7H6Cl3N2OZn-.